The highest BCUT2D eigenvalue weighted by atomic mass is 15.2. The van der Waals surface area contributed by atoms with Gasteiger partial charge in [-0.15, -0.1) is 10.2 Å². The van der Waals surface area contributed by atoms with E-state index in [1.54, 1.807) is 12.5 Å². The number of anilines is 1. The highest BCUT2D eigenvalue weighted by Gasteiger charge is 2.09. The molecule has 0 atom stereocenters. The number of benzene rings is 1. The predicted molar refractivity (Wildman–Crippen MR) is 78.0 cm³/mol. The van der Waals surface area contributed by atoms with E-state index >= 15 is 0 Å². The van der Waals surface area contributed by atoms with E-state index in [0.717, 1.165) is 22.8 Å². The summed E-state index contributed by atoms with van der Waals surface area (Å²) >= 11 is 0. The van der Waals surface area contributed by atoms with Gasteiger partial charge in [0.05, 0.1) is 12.2 Å². The highest BCUT2D eigenvalue weighted by Crippen LogP contribution is 2.25. The molecule has 0 aliphatic heterocycles. The molecule has 0 amide bonds. The Morgan fingerprint density at radius 3 is 2.70 bits per heavy atom. The fraction of sp³-hybridized carbons (Fsp3) is 0.133. The number of aryl methyl sites for hydroxylation is 1. The van der Waals surface area contributed by atoms with Crippen LogP contribution in [0.2, 0.25) is 0 Å². The van der Waals surface area contributed by atoms with Gasteiger partial charge in [0.25, 0.3) is 0 Å². The maximum atomic E-state index is 4.31. The molecular weight excluding hydrogens is 250 g/mol. The van der Waals surface area contributed by atoms with Gasteiger partial charge < -0.3 is 9.88 Å². The van der Waals surface area contributed by atoms with Gasteiger partial charge in [0.2, 0.25) is 0 Å². The molecule has 5 nitrogen and oxygen atoms in total. The SMILES string of the molecule is Cn1cnnc1-c1ccccc1NCc1ccccn1. The van der Waals surface area contributed by atoms with Crippen molar-refractivity contribution in [2.75, 3.05) is 5.32 Å². The second-order valence-corrected chi connectivity index (χ2v) is 4.49. The van der Waals surface area contributed by atoms with E-state index in [4.69, 9.17) is 0 Å². The van der Waals surface area contributed by atoms with Crippen molar-refractivity contribution in [3.8, 4) is 11.4 Å². The Bertz CT molecular complexity index is 690. The lowest BCUT2D eigenvalue weighted by Crippen LogP contribution is -2.03. The molecule has 0 unspecified atom stereocenters. The van der Waals surface area contributed by atoms with Crippen molar-refractivity contribution < 1.29 is 0 Å². The minimum Gasteiger partial charge on any atom is -0.379 e. The summed E-state index contributed by atoms with van der Waals surface area (Å²) in [4.78, 5) is 4.31. The minimum absolute atomic E-state index is 0.676. The monoisotopic (exact) mass is 265 g/mol. The highest BCUT2D eigenvalue weighted by molar-refractivity contribution is 5.73. The number of para-hydroxylation sites is 1. The minimum atomic E-state index is 0.676. The van der Waals surface area contributed by atoms with E-state index in [0.29, 0.717) is 6.54 Å². The van der Waals surface area contributed by atoms with Crippen molar-refractivity contribution >= 4 is 5.69 Å². The van der Waals surface area contributed by atoms with Crippen LogP contribution in [-0.4, -0.2) is 19.7 Å². The second kappa shape index (κ2) is 5.52. The third-order valence-electron chi connectivity index (χ3n) is 3.07. The van der Waals surface area contributed by atoms with E-state index in [1.807, 2.05) is 54.1 Å². The van der Waals surface area contributed by atoms with Gasteiger partial charge in [-0.3, -0.25) is 4.98 Å². The standard InChI is InChI=1S/C15H15N5/c1-20-11-18-19-15(20)13-7-2-3-8-14(13)17-10-12-6-4-5-9-16-12/h2-9,11,17H,10H2,1H3. The molecule has 0 saturated carbocycles. The van der Waals surface area contributed by atoms with Crippen molar-refractivity contribution in [2.24, 2.45) is 7.05 Å². The predicted octanol–water partition coefficient (Wildman–Crippen LogP) is 2.49. The average Bonchev–Trinajstić information content (AvgIpc) is 2.92. The van der Waals surface area contributed by atoms with Gasteiger partial charge in [-0.1, -0.05) is 18.2 Å². The number of nitrogens with one attached hydrogen (secondary N) is 1. The van der Waals surface area contributed by atoms with Crippen LogP contribution >= 0.6 is 0 Å². The zero-order valence-electron chi connectivity index (χ0n) is 11.2. The third-order valence-corrected chi connectivity index (χ3v) is 3.07. The van der Waals surface area contributed by atoms with E-state index in [9.17, 15) is 0 Å². The zero-order valence-corrected chi connectivity index (χ0v) is 11.2. The Labute approximate surface area is 117 Å². The molecule has 1 N–H and O–H groups in total. The Hall–Kier alpha value is -2.69. The molecule has 0 spiro atoms. The molecule has 3 aromatic rings. The topological polar surface area (TPSA) is 55.6 Å². The van der Waals surface area contributed by atoms with Gasteiger partial charge in [-0.2, -0.15) is 0 Å². The van der Waals surface area contributed by atoms with Gasteiger partial charge in [0.1, 0.15) is 6.33 Å². The number of hydrogen-bond donors (Lipinski definition) is 1. The number of pyridine rings is 1. The molecule has 0 aliphatic carbocycles. The molecular formula is C15H15N5. The van der Waals surface area contributed by atoms with Crippen LogP contribution in [0.1, 0.15) is 5.69 Å². The van der Waals surface area contributed by atoms with Crippen molar-refractivity contribution in [1.29, 1.82) is 0 Å². The molecule has 2 heterocycles. The summed E-state index contributed by atoms with van der Waals surface area (Å²) in [5, 5.41) is 11.5. The Balaban J connectivity index is 1.86. The third kappa shape index (κ3) is 2.51. The number of rotatable bonds is 4. The first-order chi connectivity index (χ1) is 9.84. The van der Waals surface area contributed by atoms with E-state index in [1.165, 1.54) is 0 Å². The molecule has 0 saturated heterocycles. The van der Waals surface area contributed by atoms with Crippen LogP contribution in [0.4, 0.5) is 5.69 Å². The van der Waals surface area contributed by atoms with Gasteiger partial charge in [-0.05, 0) is 24.3 Å². The van der Waals surface area contributed by atoms with Crippen LogP contribution in [-0.2, 0) is 13.6 Å². The van der Waals surface area contributed by atoms with Crippen molar-refractivity contribution in [3.63, 3.8) is 0 Å². The van der Waals surface area contributed by atoms with Crippen LogP contribution in [0, 0.1) is 0 Å². The summed E-state index contributed by atoms with van der Waals surface area (Å²) in [6, 6.07) is 14.0. The summed E-state index contributed by atoms with van der Waals surface area (Å²) in [6.45, 7) is 0.676. The second-order valence-electron chi connectivity index (χ2n) is 4.49. The molecule has 5 heteroatoms. The van der Waals surface area contributed by atoms with Gasteiger partial charge in [0.15, 0.2) is 5.82 Å². The molecule has 0 aliphatic rings. The molecule has 20 heavy (non-hydrogen) atoms. The lowest BCUT2D eigenvalue weighted by Gasteiger charge is -2.11. The largest absolute Gasteiger partial charge is 0.379 e. The van der Waals surface area contributed by atoms with Crippen LogP contribution in [0.25, 0.3) is 11.4 Å². The molecule has 1 aromatic carbocycles. The Kier molecular flexibility index (Phi) is 3.41. The van der Waals surface area contributed by atoms with Crippen LogP contribution in [0.15, 0.2) is 55.0 Å². The molecule has 0 bridgehead atoms. The Morgan fingerprint density at radius 2 is 1.95 bits per heavy atom. The fourth-order valence-corrected chi connectivity index (χ4v) is 2.05. The van der Waals surface area contributed by atoms with Gasteiger partial charge in [-0.25, -0.2) is 0 Å². The summed E-state index contributed by atoms with van der Waals surface area (Å²) in [7, 11) is 1.94. The Morgan fingerprint density at radius 1 is 1.10 bits per heavy atom. The lowest BCUT2D eigenvalue weighted by molar-refractivity contribution is 0.919. The maximum Gasteiger partial charge on any atom is 0.165 e. The molecule has 2 aromatic heterocycles. The first-order valence-electron chi connectivity index (χ1n) is 6.42. The van der Waals surface area contributed by atoms with Crippen molar-refractivity contribution in [3.05, 3.63) is 60.7 Å². The summed E-state index contributed by atoms with van der Waals surface area (Å²) in [5.74, 6) is 0.842. The molecule has 100 valence electrons. The van der Waals surface area contributed by atoms with E-state index in [2.05, 4.69) is 20.5 Å². The molecule has 0 radical (unpaired) electrons. The summed E-state index contributed by atoms with van der Waals surface area (Å²) < 4.78 is 1.90. The quantitative estimate of drug-likeness (QED) is 0.787. The van der Waals surface area contributed by atoms with Crippen LogP contribution in [0.3, 0.4) is 0 Å². The van der Waals surface area contributed by atoms with Gasteiger partial charge in [0, 0.05) is 24.5 Å². The van der Waals surface area contributed by atoms with E-state index < -0.39 is 0 Å². The zero-order chi connectivity index (χ0) is 13.8. The van der Waals surface area contributed by atoms with Crippen molar-refractivity contribution in [1.82, 2.24) is 19.7 Å². The first kappa shape index (κ1) is 12.3. The van der Waals surface area contributed by atoms with E-state index in [-0.39, 0.29) is 0 Å². The number of aromatic nitrogens is 4. The lowest BCUT2D eigenvalue weighted by atomic mass is 10.1. The first-order valence-corrected chi connectivity index (χ1v) is 6.42. The maximum absolute atomic E-state index is 4.31. The van der Waals surface area contributed by atoms with Crippen LogP contribution in [0.5, 0.6) is 0 Å². The number of nitrogens with zero attached hydrogens (tertiary/aromatic N) is 4. The summed E-state index contributed by atoms with van der Waals surface area (Å²) in [5.41, 5.74) is 3.05. The number of hydrogen-bond acceptors (Lipinski definition) is 4. The summed E-state index contributed by atoms with van der Waals surface area (Å²) in [6.07, 6.45) is 3.50. The fourth-order valence-electron chi connectivity index (χ4n) is 2.05. The molecule has 3 rings (SSSR count). The van der Waals surface area contributed by atoms with Crippen molar-refractivity contribution in [2.45, 2.75) is 6.54 Å². The van der Waals surface area contributed by atoms with Gasteiger partial charge >= 0.3 is 0 Å². The normalized spacial score (nSPS) is 10.4. The average molecular weight is 265 g/mol. The smallest absolute Gasteiger partial charge is 0.165 e. The molecule has 0 fully saturated rings. The van der Waals surface area contributed by atoms with Crippen LogP contribution < -0.4 is 5.32 Å².